The third kappa shape index (κ3) is 4.44. The maximum absolute atomic E-state index is 12.7. The summed E-state index contributed by atoms with van der Waals surface area (Å²) in [6.45, 7) is 2.99. The van der Waals surface area contributed by atoms with E-state index >= 15 is 0 Å². The van der Waals surface area contributed by atoms with Gasteiger partial charge in [-0.25, -0.2) is 10.0 Å². The summed E-state index contributed by atoms with van der Waals surface area (Å²) in [6.07, 6.45) is 2.84. The molecule has 1 amide bonds. The highest BCUT2D eigenvalue weighted by molar-refractivity contribution is 5.78. The minimum atomic E-state index is -0.271. The molecule has 2 saturated heterocycles. The molecule has 178 valence electrons. The lowest BCUT2D eigenvalue weighted by Crippen LogP contribution is -2.37. The SMILES string of the molecule is COc1ncc(N2CCOc3ccc(O[C@@H]4CON(C(=O)C5CCOCC5)C4)cc32)cc1C#N. The van der Waals surface area contributed by atoms with Crippen molar-refractivity contribution in [2.45, 2.75) is 18.9 Å². The topological polar surface area (TPSA) is 106 Å². The Balaban J connectivity index is 1.30. The van der Waals surface area contributed by atoms with E-state index in [-0.39, 0.29) is 23.8 Å². The Morgan fingerprint density at radius 3 is 2.88 bits per heavy atom. The van der Waals surface area contributed by atoms with E-state index < -0.39 is 0 Å². The molecule has 10 nitrogen and oxygen atoms in total. The Labute approximate surface area is 197 Å². The van der Waals surface area contributed by atoms with Gasteiger partial charge in [-0.05, 0) is 31.0 Å². The van der Waals surface area contributed by atoms with E-state index in [9.17, 15) is 10.1 Å². The van der Waals surface area contributed by atoms with E-state index in [2.05, 4.69) is 11.1 Å². The number of anilines is 2. The van der Waals surface area contributed by atoms with Crippen molar-refractivity contribution >= 4 is 17.3 Å². The van der Waals surface area contributed by atoms with Gasteiger partial charge in [0.2, 0.25) is 11.8 Å². The van der Waals surface area contributed by atoms with E-state index in [0.717, 1.165) is 24.2 Å². The molecule has 3 aliphatic heterocycles. The maximum atomic E-state index is 12.7. The highest BCUT2D eigenvalue weighted by atomic mass is 16.7. The molecule has 1 aromatic carbocycles. The van der Waals surface area contributed by atoms with Gasteiger partial charge >= 0.3 is 0 Å². The molecular weight excluding hydrogens is 440 g/mol. The van der Waals surface area contributed by atoms with Crippen LogP contribution in [0.1, 0.15) is 18.4 Å². The lowest BCUT2D eigenvalue weighted by Gasteiger charge is -2.31. The fourth-order valence-electron chi connectivity index (χ4n) is 4.40. The average molecular weight is 466 g/mol. The second-order valence-corrected chi connectivity index (χ2v) is 8.31. The van der Waals surface area contributed by atoms with Gasteiger partial charge in [-0.3, -0.25) is 9.63 Å². The Morgan fingerprint density at radius 2 is 2.09 bits per heavy atom. The third-order valence-corrected chi connectivity index (χ3v) is 6.16. The van der Waals surface area contributed by atoms with Gasteiger partial charge in [0, 0.05) is 25.2 Å². The number of rotatable bonds is 5. The number of hydrogen-bond acceptors (Lipinski definition) is 9. The first-order valence-corrected chi connectivity index (χ1v) is 11.3. The molecule has 0 unspecified atom stereocenters. The number of methoxy groups -OCH3 is 1. The number of benzene rings is 1. The van der Waals surface area contributed by atoms with Crippen LogP contribution in [0.15, 0.2) is 30.5 Å². The zero-order valence-corrected chi connectivity index (χ0v) is 18.9. The van der Waals surface area contributed by atoms with Crippen LogP contribution in [0.2, 0.25) is 0 Å². The van der Waals surface area contributed by atoms with E-state index in [1.54, 1.807) is 12.3 Å². The van der Waals surface area contributed by atoms with E-state index in [0.29, 0.717) is 56.6 Å². The normalized spacial score (nSPS) is 20.3. The molecule has 3 aliphatic rings. The zero-order chi connectivity index (χ0) is 23.5. The van der Waals surface area contributed by atoms with Crippen LogP contribution in [-0.2, 0) is 14.4 Å². The van der Waals surface area contributed by atoms with Crippen LogP contribution in [0.4, 0.5) is 11.4 Å². The molecule has 2 aromatic rings. The van der Waals surface area contributed by atoms with Gasteiger partial charge in [-0.1, -0.05) is 0 Å². The number of fused-ring (bicyclic) bond motifs is 1. The van der Waals surface area contributed by atoms with Crippen LogP contribution < -0.4 is 19.1 Å². The molecular formula is C24H26N4O6. The summed E-state index contributed by atoms with van der Waals surface area (Å²) >= 11 is 0. The molecule has 0 radical (unpaired) electrons. The van der Waals surface area contributed by atoms with Gasteiger partial charge in [0.1, 0.15) is 42.4 Å². The predicted molar refractivity (Wildman–Crippen MR) is 120 cm³/mol. The predicted octanol–water partition coefficient (Wildman–Crippen LogP) is 2.44. The van der Waals surface area contributed by atoms with Crippen molar-refractivity contribution in [1.82, 2.24) is 10.0 Å². The Kier molecular flexibility index (Phi) is 6.38. The third-order valence-electron chi connectivity index (χ3n) is 6.16. The molecule has 0 bridgehead atoms. The first kappa shape index (κ1) is 22.3. The number of nitrogens with zero attached hydrogens (tertiary/aromatic N) is 4. The number of carbonyl (C=O) groups excluding carboxylic acids is 1. The van der Waals surface area contributed by atoms with Crippen LogP contribution in [0.25, 0.3) is 0 Å². The maximum Gasteiger partial charge on any atom is 0.249 e. The molecule has 0 N–H and O–H groups in total. The average Bonchev–Trinajstić information content (AvgIpc) is 3.36. The van der Waals surface area contributed by atoms with Gasteiger partial charge in [-0.15, -0.1) is 0 Å². The van der Waals surface area contributed by atoms with Gasteiger partial charge in [0.05, 0.1) is 37.8 Å². The number of amides is 1. The first-order chi connectivity index (χ1) is 16.7. The molecule has 10 heteroatoms. The molecule has 34 heavy (non-hydrogen) atoms. The van der Waals surface area contributed by atoms with E-state index in [1.807, 2.05) is 23.1 Å². The quantitative estimate of drug-likeness (QED) is 0.657. The van der Waals surface area contributed by atoms with E-state index in [4.69, 9.17) is 23.8 Å². The van der Waals surface area contributed by atoms with Gasteiger partial charge in [0.15, 0.2) is 0 Å². The molecule has 1 atom stereocenters. The fourth-order valence-corrected chi connectivity index (χ4v) is 4.40. The van der Waals surface area contributed by atoms with Crippen molar-refractivity contribution in [3.05, 3.63) is 36.0 Å². The van der Waals surface area contributed by atoms with Gasteiger partial charge in [-0.2, -0.15) is 5.26 Å². The number of hydroxylamine groups is 2. The molecule has 2 fully saturated rings. The Hall–Kier alpha value is -3.55. The van der Waals surface area contributed by atoms with Crippen molar-refractivity contribution in [1.29, 1.82) is 5.26 Å². The summed E-state index contributed by atoms with van der Waals surface area (Å²) in [4.78, 5) is 24.6. The minimum absolute atomic E-state index is 0.000260. The largest absolute Gasteiger partial charge is 0.490 e. The number of nitriles is 1. The van der Waals surface area contributed by atoms with Crippen LogP contribution in [0, 0.1) is 17.2 Å². The van der Waals surface area contributed by atoms with Crippen LogP contribution >= 0.6 is 0 Å². The molecule has 0 aliphatic carbocycles. The van der Waals surface area contributed by atoms with Crippen LogP contribution in [0.5, 0.6) is 17.4 Å². The van der Waals surface area contributed by atoms with Crippen molar-refractivity contribution in [2.24, 2.45) is 5.92 Å². The lowest BCUT2D eigenvalue weighted by atomic mass is 9.99. The number of pyridine rings is 1. The molecule has 0 spiro atoms. The van der Waals surface area contributed by atoms with Crippen molar-refractivity contribution in [3.8, 4) is 23.4 Å². The fraction of sp³-hybridized carbons (Fsp3) is 0.458. The smallest absolute Gasteiger partial charge is 0.249 e. The molecule has 5 rings (SSSR count). The van der Waals surface area contributed by atoms with E-state index in [1.165, 1.54) is 12.2 Å². The summed E-state index contributed by atoms with van der Waals surface area (Å²) in [5.41, 5.74) is 1.93. The standard InChI is InChI=1S/C24H26N4O6/c1-30-23-17(12-25)10-18(13-26-23)27-6-9-32-22-3-2-19(11-21(22)27)34-20-14-28(33-15-20)24(29)16-4-7-31-8-5-16/h2-3,10-11,13,16,20H,4-9,14-15H2,1H3/t20-/m0/s1. The number of hydrogen-bond donors (Lipinski definition) is 0. The molecule has 1 aromatic heterocycles. The number of ether oxygens (including phenoxy) is 4. The highest BCUT2D eigenvalue weighted by Gasteiger charge is 2.34. The Bertz CT molecular complexity index is 1100. The number of carbonyl (C=O) groups is 1. The highest BCUT2D eigenvalue weighted by Crippen LogP contribution is 2.40. The summed E-state index contributed by atoms with van der Waals surface area (Å²) in [7, 11) is 1.49. The lowest BCUT2D eigenvalue weighted by molar-refractivity contribution is -0.176. The van der Waals surface area contributed by atoms with Crippen LogP contribution in [-0.4, -0.2) is 68.7 Å². The van der Waals surface area contributed by atoms with Crippen molar-refractivity contribution < 1.29 is 28.6 Å². The van der Waals surface area contributed by atoms with Crippen molar-refractivity contribution in [3.63, 3.8) is 0 Å². The first-order valence-electron chi connectivity index (χ1n) is 11.3. The van der Waals surface area contributed by atoms with Gasteiger partial charge < -0.3 is 23.8 Å². The monoisotopic (exact) mass is 466 g/mol. The molecule has 0 saturated carbocycles. The summed E-state index contributed by atoms with van der Waals surface area (Å²) in [5, 5.41) is 10.9. The van der Waals surface area contributed by atoms with Gasteiger partial charge in [0.25, 0.3) is 0 Å². The molecule has 4 heterocycles. The summed E-state index contributed by atoms with van der Waals surface area (Å²) < 4.78 is 22.5. The number of aromatic nitrogens is 1. The summed E-state index contributed by atoms with van der Waals surface area (Å²) in [6, 6.07) is 9.48. The van der Waals surface area contributed by atoms with Crippen LogP contribution in [0.3, 0.4) is 0 Å². The van der Waals surface area contributed by atoms with Crippen molar-refractivity contribution in [2.75, 3.05) is 51.5 Å². The second-order valence-electron chi connectivity index (χ2n) is 8.31. The second kappa shape index (κ2) is 9.75. The minimum Gasteiger partial charge on any atom is -0.490 e. The Morgan fingerprint density at radius 1 is 1.24 bits per heavy atom. The summed E-state index contributed by atoms with van der Waals surface area (Å²) in [5.74, 6) is 1.59. The zero-order valence-electron chi connectivity index (χ0n) is 18.9.